The summed E-state index contributed by atoms with van der Waals surface area (Å²) in [5.41, 5.74) is 0.959. The molecule has 0 radical (unpaired) electrons. The molecule has 0 unspecified atom stereocenters. The summed E-state index contributed by atoms with van der Waals surface area (Å²) in [5.74, 6) is 0.593. The van der Waals surface area contributed by atoms with Gasteiger partial charge in [0.1, 0.15) is 0 Å². The summed E-state index contributed by atoms with van der Waals surface area (Å²) in [6, 6.07) is 2.18. The Morgan fingerprint density at radius 3 is 2.81 bits per heavy atom. The highest BCUT2D eigenvalue weighted by atomic mass is 15.4. The van der Waals surface area contributed by atoms with Gasteiger partial charge in [-0.15, -0.1) is 5.10 Å². The van der Waals surface area contributed by atoms with Crippen LogP contribution in [0.2, 0.25) is 0 Å². The van der Waals surface area contributed by atoms with Crippen molar-refractivity contribution in [2.45, 2.75) is 26.8 Å². The molecular weight excluding hydrogens is 202 g/mol. The Bertz CT molecular complexity index is 350. The Labute approximate surface area is 96.7 Å². The average molecular weight is 221 g/mol. The van der Waals surface area contributed by atoms with E-state index in [4.69, 9.17) is 5.26 Å². The molecule has 5 nitrogen and oxygen atoms in total. The summed E-state index contributed by atoms with van der Waals surface area (Å²) in [5, 5.41) is 16.6. The minimum Gasteiger partial charge on any atom is -0.296 e. The first-order chi connectivity index (χ1) is 7.61. The van der Waals surface area contributed by atoms with Crippen molar-refractivity contribution in [1.29, 1.82) is 5.26 Å². The third-order valence-electron chi connectivity index (χ3n) is 2.20. The molecule has 0 aliphatic carbocycles. The van der Waals surface area contributed by atoms with Crippen LogP contribution in [0.5, 0.6) is 0 Å². The van der Waals surface area contributed by atoms with E-state index in [-0.39, 0.29) is 0 Å². The SMILES string of the molecule is CC(C)CN(CCC#N)Cc1cn(C)nn1. The molecule has 5 heteroatoms. The van der Waals surface area contributed by atoms with Gasteiger partial charge in [-0.1, -0.05) is 19.1 Å². The van der Waals surface area contributed by atoms with Crippen molar-refractivity contribution >= 4 is 0 Å². The molecule has 88 valence electrons. The zero-order valence-electron chi connectivity index (χ0n) is 10.2. The lowest BCUT2D eigenvalue weighted by Gasteiger charge is -2.21. The normalized spacial score (nSPS) is 11.0. The average Bonchev–Trinajstić information content (AvgIpc) is 2.59. The summed E-state index contributed by atoms with van der Waals surface area (Å²) >= 11 is 0. The Morgan fingerprint density at radius 1 is 1.56 bits per heavy atom. The van der Waals surface area contributed by atoms with Gasteiger partial charge in [0, 0.05) is 39.3 Å². The molecule has 0 aliphatic heterocycles. The van der Waals surface area contributed by atoms with Crippen molar-refractivity contribution in [2.75, 3.05) is 13.1 Å². The van der Waals surface area contributed by atoms with Crippen LogP contribution in [0, 0.1) is 17.2 Å². The van der Waals surface area contributed by atoms with Crippen molar-refractivity contribution in [2.24, 2.45) is 13.0 Å². The molecule has 1 rings (SSSR count). The zero-order chi connectivity index (χ0) is 12.0. The third kappa shape index (κ3) is 4.41. The molecule has 0 saturated carbocycles. The van der Waals surface area contributed by atoms with Crippen LogP contribution in [0.1, 0.15) is 26.0 Å². The van der Waals surface area contributed by atoms with Gasteiger partial charge in [0.15, 0.2) is 0 Å². The standard InChI is InChI=1S/C11H19N5/c1-10(2)7-16(6-4-5-12)9-11-8-15(3)14-13-11/h8,10H,4,6-7,9H2,1-3H3. The maximum absolute atomic E-state index is 8.61. The number of hydrogen-bond acceptors (Lipinski definition) is 4. The molecule has 0 amide bonds. The van der Waals surface area contributed by atoms with Crippen LogP contribution < -0.4 is 0 Å². The summed E-state index contributed by atoms with van der Waals surface area (Å²) in [4.78, 5) is 2.25. The molecular formula is C11H19N5. The van der Waals surface area contributed by atoms with Crippen LogP contribution in [-0.2, 0) is 13.6 Å². The Morgan fingerprint density at radius 2 is 2.31 bits per heavy atom. The number of aromatic nitrogens is 3. The molecule has 0 aromatic carbocycles. The third-order valence-corrected chi connectivity index (χ3v) is 2.20. The van der Waals surface area contributed by atoms with E-state index in [2.05, 4.69) is 35.1 Å². The second-order valence-electron chi connectivity index (χ2n) is 4.42. The van der Waals surface area contributed by atoms with E-state index in [1.165, 1.54) is 0 Å². The molecule has 1 aromatic heterocycles. The maximum Gasteiger partial charge on any atom is 0.0967 e. The summed E-state index contributed by atoms with van der Waals surface area (Å²) < 4.78 is 1.70. The first-order valence-electron chi connectivity index (χ1n) is 5.56. The second kappa shape index (κ2) is 6.23. The smallest absolute Gasteiger partial charge is 0.0967 e. The van der Waals surface area contributed by atoms with Crippen LogP contribution in [-0.4, -0.2) is 33.0 Å². The molecule has 1 heterocycles. The van der Waals surface area contributed by atoms with Crippen LogP contribution in [0.25, 0.3) is 0 Å². The second-order valence-corrected chi connectivity index (χ2v) is 4.42. The van der Waals surface area contributed by atoms with Crippen molar-refractivity contribution in [3.8, 4) is 6.07 Å². The monoisotopic (exact) mass is 221 g/mol. The van der Waals surface area contributed by atoms with Crippen molar-refractivity contribution < 1.29 is 0 Å². The number of rotatable bonds is 6. The van der Waals surface area contributed by atoms with E-state index >= 15 is 0 Å². The fraction of sp³-hybridized carbons (Fsp3) is 0.727. The summed E-state index contributed by atoms with van der Waals surface area (Å²) in [6.07, 6.45) is 2.48. The van der Waals surface area contributed by atoms with Crippen LogP contribution in [0.15, 0.2) is 6.20 Å². The molecule has 0 N–H and O–H groups in total. The van der Waals surface area contributed by atoms with E-state index < -0.39 is 0 Å². The van der Waals surface area contributed by atoms with E-state index in [0.717, 1.165) is 25.3 Å². The van der Waals surface area contributed by atoms with Gasteiger partial charge in [0.2, 0.25) is 0 Å². The van der Waals surface area contributed by atoms with Crippen LogP contribution in [0.3, 0.4) is 0 Å². The summed E-state index contributed by atoms with van der Waals surface area (Å²) in [7, 11) is 1.86. The van der Waals surface area contributed by atoms with Crippen LogP contribution >= 0.6 is 0 Å². The van der Waals surface area contributed by atoms with Crippen molar-refractivity contribution in [3.63, 3.8) is 0 Å². The lowest BCUT2D eigenvalue weighted by Crippen LogP contribution is -2.28. The highest BCUT2D eigenvalue weighted by Crippen LogP contribution is 2.05. The highest BCUT2D eigenvalue weighted by Gasteiger charge is 2.09. The van der Waals surface area contributed by atoms with Gasteiger partial charge in [-0.2, -0.15) is 5.26 Å². The zero-order valence-corrected chi connectivity index (χ0v) is 10.2. The molecule has 16 heavy (non-hydrogen) atoms. The quantitative estimate of drug-likeness (QED) is 0.724. The Kier molecular flexibility index (Phi) is 4.93. The predicted octanol–water partition coefficient (Wildman–Crippen LogP) is 1.19. The minimum absolute atomic E-state index is 0.562. The molecule has 0 saturated heterocycles. The largest absolute Gasteiger partial charge is 0.296 e. The van der Waals surface area contributed by atoms with Gasteiger partial charge in [-0.05, 0) is 5.92 Å². The molecule has 0 fully saturated rings. The Balaban J connectivity index is 2.52. The minimum atomic E-state index is 0.562. The van der Waals surface area contributed by atoms with E-state index in [9.17, 15) is 0 Å². The number of aryl methyl sites for hydroxylation is 1. The molecule has 0 spiro atoms. The van der Waals surface area contributed by atoms with Crippen molar-refractivity contribution in [3.05, 3.63) is 11.9 Å². The van der Waals surface area contributed by atoms with Gasteiger partial charge in [-0.3, -0.25) is 9.58 Å². The first kappa shape index (κ1) is 12.7. The van der Waals surface area contributed by atoms with Crippen molar-refractivity contribution in [1.82, 2.24) is 19.9 Å². The van der Waals surface area contributed by atoms with Gasteiger partial charge in [0.25, 0.3) is 0 Å². The molecule has 0 aliphatic rings. The lowest BCUT2D eigenvalue weighted by atomic mass is 10.2. The van der Waals surface area contributed by atoms with Gasteiger partial charge in [0.05, 0.1) is 11.8 Å². The number of hydrogen-bond donors (Lipinski definition) is 0. The summed E-state index contributed by atoms with van der Waals surface area (Å²) in [6.45, 7) is 6.91. The Hall–Kier alpha value is -1.41. The lowest BCUT2D eigenvalue weighted by molar-refractivity contribution is 0.238. The maximum atomic E-state index is 8.61. The molecule has 0 atom stereocenters. The van der Waals surface area contributed by atoms with E-state index in [1.54, 1.807) is 4.68 Å². The molecule has 1 aromatic rings. The van der Waals surface area contributed by atoms with Gasteiger partial charge < -0.3 is 0 Å². The number of nitriles is 1. The predicted molar refractivity (Wildman–Crippen MR) is 61.3 cm³/mol. The first-order valence-corrected chi connectivity index (χ1v) is 5.56. The van der Waals surface area contributed by atoms with Gasteiger partial charge in [-0.25, -0.2) is 0 Å². The fourth-order valence-electron chi connectivity index (χ4n) is 1.66. The van der Waals surface area contributed by atoms with Crippen LogP contribution in [0.4, 0.5) is 0 Å². The number of nitrogens with zero attached hydrogens (tertiary/aromatic N) is 5. The fourth-order valence-corrected chi connectivity index (χ4v) is 1.66. The molecule has 0 bridgehead atoms. The van der Waals surface area contributed by atoms with Gasteiger partial charge >= 0.3 is 0 Å². The van der Waals surface area contributed by atoms with E-state index in [1.807, 2.05) is 13.2 Å². The topological polar surface area (TPSA) is 57.7 Å². The van der Waals surface area contributed by atoms with E-state index in [0.29, 0.717) is 12.3 Å². The highest BCUT2D eigenvalue weighted by molar-refractivity contribution is 4.92.